The number of nitrogens with two attached hydrogens (primary N) is 1. The van der Waals surface area contributed by atoms with E-state index in [0.717, 1.165) is 11.4 Å². The summed E-state index contributed by atoms with van der Waals surface area (Å²) in [7, 11) is 3.86. The number of aromatic nitrogens is 1. The second kappa shape index (κ2) is 5.46. The van der Waals surface area contributed by atoms with Gasteiger partial charge in [0.1, 0.15) is 5.82 Å². The number of nitrogens with one attached hydrogen (secondary N) is 1. The Morgan fingerprint density at radius 3 is 2.69 bits per heavy atom. The fourth-order valence-corrected chi connectivity index (χ4v) is 1.14. The highest BCUT2D eigenvalue weighted by Crippen LogP contribution is 2.07. The summed E-state index contributed by atoms with van der Waals surface area (Å²) in [4.78, 5) is 17.4. The Labute approximate surface area is 95.7 Å². The quantitative estimate of drug-likeness (QED) is 0.758. The van der Waals surface area contributed by atoms with E-state index in [2.05, 4.69) is 10.3 Å². The van der Waals surface area contributed by atoms with E-state index in [-0.39, 0.29) is 5.91 Å². The number of hydrogen-bond acceptors (Lipinski definition) is 4. The van der Waals surface area contributed by atoms with E-state index in [9.17, 15) is 4.79 Å². The highest BCUT2D eigenvalue weighted by atomic mass is 16.2. The fourth-order valence-electron chi connectivity index (χ4n) is 1.14. The van der Waals surface area contributed by atoms with Crippen molar-refractivity contribution in [2.75, 3.05) is 19.0 Å². The number of pyridine rings is 1. The van der Waals surface area contributed by atoms with Crippen molar-refractivity contribution in [3.63, 3.8) is 0 Å². The van der Waals surface area contributed by atoms with Gasteiger partial charge in [0, 0.05) is 26.8 Å². The molecule has 0 aliphatic rings. The monoisotopic (exact) mass is 222 g/mol. The average molecular weight is 222 g/mol. The average Bonchev–Trinajstić information content (AvgIpc) is 2.26. The summed E-state index contributed by atoms with van der Waals surface area (Å²) >= 11 is 0. The molecule has 0 fully saturated rings. The molecule has 0 bridgehead atoms. The van der Waals surface area contributed by atoms with Crippen molar-refractivity contribution >= 4 is 11.7 Å². The van der Waals surface area contributed by atoms with Gasteiger partial charge < -0.3 is 16.0 Å². The maximum atomic E-state index is 11.2. The summed E-state index contributed by atoms with van der Waals surface area (Å²) in [5, 5.41) is 2.73. The zero-order valence-electron chi connectivity index (χ0n) is 9.90. The van der Waals surface area contributed by atoms with Crippen LogP contribution in [0.15, 0.2) is 18.3 Å². The highest BCUT2D eigenvalue weighted by Gasteiger charge is 2.06. The summed E-state index contributed by atoms with van der Waals surface area (Å²) in [5.41, 5.74) is 6.39. The molecule has 0 spiro atoms. The van der Waals surface area contributed by atoms with Crippen molar-refractivity contribution in [3.8, 4) is 0 Å². The molecule has 0 aromatic carbocycles. The predicted molar refractivity (Wildman–Crippen MR) is 64.1 cm³/mol. The minimum Gasteiger partial charge on any atom is -0.363 e. The van der Waals surface area contributed by atoms with E-state index in [4.69, 9.17) is 5.73 Å². The van der Waals surface area contributed by atoms with E-state index in [0.29, 0.717) is 6.54 Å². The maximum Gasteiger partial charge on any atom is 0.236 e. The van der Waals surface area contributed by atoms with Gasteiger partial charge in [0.25, 0.3) is 0 Å². The van der Waals surface area contributed by atoms with Crippen LogP contribution in [0.5, 0.6) is 0 Å². The van der Waals surface area contributed by atoms with Crippen LogP contribution < -0.4 is 16.0 Å². The first-order valence-corrected chi connectivity index (χ1v) is 5.16. The molecule has 0 radical (unpaired) electrons. The molecule has 5 nitrogen and oxygen atoms in total. The van der Waals surface area contributed by atoms with Crippen molar-refractivity contribution in [3.05, 3.63) is 23.9 Å². The highest BCUT2D eigenvalue weighted by molar-refractivity contribution is 5.80. The molecular formula is C11H18N4O. The van der Waals surface area contributed by atoms with Gasteiger partial charge in [0.15, 0.2) is 0 Å². The number of amides is 1. The fraction of sp³-hybridized carbons (Fsp3) is 0.455. The van der Waals surface area contributed by atoms with Crippen molar-refractivity contribution < 1.29 is 4.79 Å². The molecule has 1 atom stereocenters. The van der Waals surface area contributed by atoms with Gasteiger partial charge in [-0.05, 0) is 18.6 Å². The Morgan fingerprint density at radius 1 is 1.56 bits per heavy atom. The zero-order chi connectivity index (χ0) is 12.1. The van der Waals surface area contributed by atoms with Gasteiger partial charge in [0.2, 0.25) is 5.91 Å². The molecule has 1 amide bonds. The van der Waals surface area contributed by atoms with Crippen molar-refractivity contribution in [1.82, 2.24) is 10.3 Å². The van der Waals surface area contributed by atoms with Crippen LogP contribution in [0.1, 0.15) is 12.5 Å². The van der Waals surface area contributed by atoms with Crippen LogP contribution in [-0.2, 0) is 11.3 Å². The minimum absolute atomic E-state index is 0.156. The van der Waals surface area contributed by atoms with Crippen LogP contribution >= 0.6 is 0 Å². The lowest BCUT2D eigenvalue weighted by molar-refractivity contribution is -0.122. The van der Waals surface area contributed by atoms with E-state index in [1.165, 1.54) is 0 Å². The lowest BCUT2D eigenvalue weighted by Gasteiger charge is -2.12. The molecule has 1 heterocycles. The number of carbonyl (C=O) groups excluding carboxylic acids is 1. The Morgan fingerprint density at radius 2 is 2.25 bits per heavy atom. The third kappa shape index (κ3) is 3.51. The topological polar surface area (TPSA) is 71.2 Å². The summed E-state index contributed by atoms with van der Waals surface area (Å²) in [5.74, 6) is 0.735. The van der Waals surface area contributed by atoms with Crippen LogP contribution in [0, 0.1) is 0 Å². The normalized spacial score (nSPS) is 12.0. The molecule has 0 saturated heterocycles. The lowest BCUT2D eigenvalue weighted by Crippen LogP contribution is -2.37. The molecule has 0 unspecified atom stereocenters. The number of anilines is 1. The summed E-state index contributed by atoms with van der Waals surface area (Å²) in [6.45, 7) is 2.11. The van der Waals surface area contributed by atoms with Crippen LogP contribution in [0.4, 0.5) is 5.82 Å². The van der Waals surface area contributed by atoms with Gasteiger partial charge in [-0.15, -0.1) is 0 Å². The van der Waals surface area contributed by atoms with E-state index < -0.39 is 6.04 Å². The third-order valence-corrected chi connectivity index (χ3v) is 2.15. The molecule has 5 heteroatoms. The zero-order valence-corrected chi connectivity index (χ0v) is 9.90. The minimum atomic E-state index is -0.478. The number of rotatable bonds is 4. The summed E-state index contributed by atoms with van der Waals surface area (Å²) in [6, 6.07) is 3.37. The standard InChI is InChI=1S/C11H18N4O/c1-8(12)11(16)14-7-9-4-5-10(13-6-9)15(2)3/h4-6,8H,7,12H2,1-3H3,(H,14,16)/t8-/m1/s1. The number of nitrogens with zero attached hydrogens (tertiary/aromatic N) is 2. The molecule has 0 aliphatic carbocycles. The van der Waals surface area contributed by atoms with Gasteiger partial charge in [0.05, 0.1) is 6.04 Å². The lowest BCUT2D eigenvalue weighted by atomic mass is 10.2. The van der Waals surface area contributed by atoms with Crippen LogP contribution in [0.2, 0.25) is 0 Å². The van der Waals surface area contributed by atoms with Gasteiger partial charge in [-0.1, -0.05) is 6.07 Å². The summed E-state index contributed by atoms with van der Waals surface area (Å²) in [6.07, 6.45) is 1.75. The van der Waals surface area contributed by atoms with Gasteiger partial charge >= 0.3 is 0 Å². The first kappa shape index (κ1) is 12.4. The first-order chi connectivity index (χ1) is 7.50. The van der Waals surface area contributed by atoms with Gasteiger partial charge in [-0.3, -0.25) is 4.79 Å². The molecular weight excluding hydrogens is 204 g/mol. The van der Waals surface area contributed by atoms with Crippen LogP contribution in [0.25, 0.3) is 0 Å². The van der Waals surface area contributed by atoms with Crippen molar-refractivity contribution in [1.29, 1.82) is 0 Å². The van der Waals surface area contributed by atoms with Gasteiger partial charge in [-0.2, -0.15) is 0 Å². The van der Waals surface area contributed by atoms with Gasteiger partial charge in [-0.25, -0.2) is 4.98 Å². The predicted octanol–water partition coefficient (Wildman–Crippen LogP) is 0.111. The first-order valence-electron chi connectivity index (χ1n) is 5.16. The second-order valence-corrected chi connectivity index (χ2v) is 3.93. The molecule has 1 rings (SSSR count). The second-order valence-electron chi connectivity index (χ2n) is 3.93. The molecule has 0 saturated carbocycles. The summed E-state index contributed by atoms with van der Waals surface area (Å²) < 4.78 is 0. The molecule has 1 aromatic heterocycles. The van der Waals surface area contributed by atoms with E-state index in [1.54, 1.807) is 13.1 Å². The van der Waals surface area contributed by atoms with Crippen molar-refractivity contribution in [2.45, 2.75) is 19.5 Å². The Hall–Kier alpha value is -1.62. The smallest absolute Gasteiger partial charge is 0.236 e. The Balaban J connectivity index is 2.53. The molecule has 0 aliphatic heterocycles. The maximum absolute atomic E-state index is 11.2. The third-order valence-electron chi connectivity index (χ3n) is 2.15. The number of hydrogen-bond donors (Lipinski definition) is 2. The van der Waals surface area contributed by atoms with E-state index >= 15 is 0 Å². The van der Waals surface area contributed by atoms with Crippen LogP contribution in [-0.4, -0.2) is 31.0 Å². The molecule has 1 aromatic rings. The Kier molecular flexibility index (Phi) is 4.25. The van der Waals surface area contributed by atoms with Crippen molar-refractivity contribution in [2.24, 2.45) is 5.73 Å². The molecule has 3 N–H and O–H groups in total. The van der Waals surface area contributed by atoms with E-state index in [1.807, 2.05) is 31.1 Å². The number of carbonyl (C=O) groups is 1. The van der Waals surface area contributed by atoms with Crippen LogP contribution in [0.3, 0.4) is 0 Å². The largest absolute Gasteiger partial charge is 0.363 e. The Bertz CT molecular complexity index is 346. The molecule has 88 valence electrons. The SMILES string of the molecule is C[C@@H](N)C(=O)NCc1ccc(N(C)C)nc1. The molecule has 16 heavy (non-hydrogen) atoms.